The van der Waals surface area contributed by atoms with Gasteiger partial charge in [0.25, 0.3) is 0 Å². The van der Waals surface area contributed by atoms with Crippen molar-refractivity contribution in [3.8, 4) is 5.75 Å². The summed E-state index contributed by atoms with van der Waals surface area (Å²) in [5.41, 5.74) is 0. The number of nitrogens with zero attached hydrogens (tertiary/aromatic N) is 2. The van der Waals surface area contributed by atoms with Gasteiger partial charge in [-0.3, -0.25) is 0 Å². The van der Waals surface area contributed by atoms with Crippen molar-refractivity contribution in [1.82, 2.24) is 9.97 Å². The van der Waals surface area contributed by atoms with E-state index >= 15 is 0 Å². The molecule has 1 aliphatic rings. The Morgan fingerprint density at radius 2 is 2.23 bits per heavy atom. The van der Waals surface area contributed by atoms with E-state index in [1.165, 1.54) is 0 Å². The minimum atomic E-state index is 0.173. The summed E-state index contributed by atoms with van der Waals surface area (Å²) in [5.74, 6) is 1.48. The highest BCUT2D eigenvalue weighted by Crippen LogP contribution is 2.14. The Balaban J connectivity index is 1.97. The second kappa shape index (κ2) is 3.70. The minimum Gasteiger partial charge on any atom is -0.485 e. The largest absolute Gasteiger partial charge is 0.485 e. The molecule has 4 heteroatoms. The molecule has 1 unspecified atom stereocenters. The predicted molar refractivity (Wildman–Crippen MR) is 46.6 cm³/mol. The van der Waals surface area contributed by atoms with Gasteiger partial charge in [0, 0.05) is 6.42 Å². The molecule has 0 saturated carbocycles. The summed E-state index contributed by atoms with van der Waals surface area (Å²) < 4.78 is 10.8. The molecule has 1 aromatic rings. The Kier molecular flexibility index (Phi) is 2.40. The number of hydrogen-bond donors (Lipinski definition) is 0. The maximum absolute atomic E-state index is 5.58. The summed E-state index contributed by atoms with van der Waals surface area (Å²) in [7, 11) is 0. The number of hydrogen-bond acceptors (Lipinski definition) is 4. The molecule has 0 aliphatic carbocycles. The van der Waals surface area contributed by atoms with Crippen LogP contribution in [0, 0.1) is 6.92 Å². The minimum absolute atomic E-state index is 0.173. The van der Waals surface area contributed by atoms with Crippen LogP contribution in [0.1, 0.15) is 12.2 Å². The van der Waals surface area contributed by atoms with Crippen LogP contribution < -0.4 is 4.74 Å². The summed E-state index contributed by atoms with van der Waals surface area (Å²) in [6, 6.07) is 0. The van der Waals surface area contributed by atoms with E-state index in [0.717, 1.165) is 24.6 Å². The molecule has 1 fully saturated rings. The fraction of sp³-hybridized carbons (Fsp3) is 0.556. The monoisotopic (exact) mass is 180 g/mol. The Bertz CT molecular complexity index is 267. The zero-order valence-electron chi connectivity index (χ0n) is 7.56. The number of rotatable bonds is 2. The van der Waals surface area contributed by atoms with Crippen molar-refractivity contribution in [2.45, 2.75) is 19.4 Å². The van der Waals surface area contributed by atoms with E-state index in [4.69, 9.17) is 9.47 Å². The third-order valence-electron chi connectivity index (χ3n) is 1.95. The van der Waals surface area contributed by atoms with Gasteiger partial charge >= 0.3 is 0 Å². The molecule has 4 nitrogen and oxygen atoms in total. The highest BCUT2D eigenvalue weighted by molar-refractivity contribution is 5.12. The second-order valence-corrected chi connectivity index (χ2v) is 3.07. The van der Waals surface area contributed by atoms with E-state index in [1.807, 2.05) is 6.92 Å². The van der Waals surface area contributed by atoms with Crippen molar-refractivity contribution in [2.75, 3.05) is 13.2 Å². The van der Waals surface area contributed by atoms with Gasteiger partial charge in [-0.2, -0.15) is 0 Å². The Hall–Kier alpha value is -1.16. The summed E-state index contributed by atoms with van der Waals surface area (Å²) in [5, 5.41) is 0. The number of ether oxygens (including phenoxy) is 2. The molecule has 13 heavy (non-hydrogen) atoms. The lowest BCUT2D eigenvalue weighted by Crippen LogP contribution is -2.15. The van der Waals surface area contributed by atoms with Crippen LogP contribution in [0.3, 0.4) is 0 Å². The smallest absolute Gasteiger partial charge is 0.156 e. The van der Waals surface area contributed by atoms with Gasteiger partial charge in [-0.1, -0.05) is 0 Å². The number of aromatic nitrogens is 2. The van der Waals surface area contributed by atoms with Gasteiger partial charge < -0.3 is 9.47 Å². The molecule has 1 atom stereocenters. The van der Waals surface area contributed by atoms with E-state index < -0.39 is 0 Å². The van der Waals surface area contributed by atoms with Crippen molar-refractivity contribution in [3.05, 3.63) is 18.2 Å². The summed E-state index contributed by atoms with van der Waals surface area (Å²) >= 11 is 0. The molecule has 0 N–H and O–H groups in total. The van der Waals surface area contributed by atoms with Crippen LogP contribution in [0.4, 0.5) is 0 Å². The van der Waals surface area contributed by atoms with Gasteiger partial charge in [-0.15, -0.1) is 0 Å². The van der Waals surface area contributed by atoms with Gasteiger partial charge in [0.15, 0.2) is 5.75 Å². The molecule has 0 amide bonds. The maximum Gasteiger partial charge on any atom is 0.156 e. The van der Waals surface area contributed by atoms with E-state index in [9.17, 15) is 0 Å². The Morgan fingerprint density at radius 3 is 2.85 bits per heavy atom. The lowest BCUT2D eigenvalue weighted by Gasteiger charge is -2.10. The van der Waals surface area contributed by atoms with Crippen LogP contribution in [-0.2, 0) is 4.74 Å². The summed E-state index contributed by atoms with van der Waals surface area (Å²) in [6.07, 6.45) is 4.51. The van der Waals surface area contributed by atoms with Gasteiger partial charge in [0.1, 0.15) is 11.9 Å². The highest BCUT2D eigenvalue weighted by Gasteiger charge is 2.17. The van der Waals surface area contributed by atoms with E-state index in [0.29, 0.717) is 6.61 Å². The molecule has 1 aromatic heterocycles. The standard InChI is InChI=1S/C9H12N2O2/c1-7-10-4-9(5-11-7)13-8-2-3-12-6-8/h4-5,8H,2-3,6H2,1H3. The Morgan fingerprint density at radius 1 is 1.46 bits per heavy atom. The first-order valence-electron chi connectivity index (χ1n) is 4.37. The molecule has 1 saturated heterocycles. The predicted octanol–water partition coefficient (Wildman–Crippen LogP) is 0.953. The van der Waals surface area contributed by atoms with Crippen molar-refractivity contribution in [2.24, 2.45) is 0 Å². The zero-order chi connectivity index (χ0) is 9.10. The fourth-order valence-corrected chi connectivity index (χ4v) is 1.24. The summed E-state index contributed by atoms with van der Waals surface area (Å²) in [6.45, 7) is 3.31. The lowest BCUT2D eigenvalue weighted by molar-refractivity contribution is 0.140. The fourth-order valence-electron chi connectivity index (χ4n) is 1.24. The van der Waals surface area contributed by atoms with Crippen molar-refractivity contribution >= 4 is 0 Å². The van der Waals surface area contributed by atoms with E-state index in [-0.39, 0.29) is 6.10 Å². The molecule has 0 radical (unpaired) electrons. The van der Waals surface area contributed by atoms with Gasteiger partial charge in [0.2, 0.25) is 0 Å². The third kappa shape index (κ3) is 2.15. The van der Waals surface area contributed by atoms with Crippen molar-refractivity contribution in [1.29, 1.82) is 0 Å². The molecule has 2 heterocycles. The molecule has 0 spiro atoms. The quantitative estimate of drug-likeness (QED) is 0.679. The average molecular weight is 180 g/mol. The molecular formula is C9H12N2O2. The van der Waals surface area contributed by atoms with Crippen LogP contribution in [0.25, 0.3) is 0 Å². The third-order valence-corrected chi connectivity index (χ3v) is 1.95. The lowest BCUT2D eigenvalue weighted by atomic mass is 10.3. The first-order valence-corrected chi connectivity index (χ1v) is 4.37. The molecule has 1 aliphatic heterocycles. The molecule has 0 aromatic carbocycles. The van der Waals surface area contributed by atoms with E-state index in [2.05, 4.69) is 9.97 Å². The second-order valence-electron chi connectivity index (χ2n) is 3.07. The average Bonchev–Trinajstić information content (AvgIpc) is 2.62. The van der Waals surface area contributed by atoms with Crippen LogP contribution in [0.15, 0.2) is 12.4 Å². The van der Waals surface area contributed by atoms with Crippen LogP contribution in [-0.4, -0.2) is 29.3 Å². The Labute approximate surface area is 76.9 Å². The SMILES string of the molecule is Cc1ncc(OC2CCOC2)cn1. The van der Waals surface area contributed by atoms with Gasteiger partial charge in [-0.05, 0) is 6.92 Å². The van der Waals surface area contributed by atoms with Crippen LogP contribution in [0.2, 0.25) is 0 Å². The number of aryl methyl sites for hydroxylation is 1. The highest BCUT2D eigenvalue weighted by atomic mass is 16.5. The van der Waals surface area contributed by atoms with Crippen molar-refractivity contribution in [3.63, 3.8) is 0 Å². The molecule has 0 bridgehead atoms. The van der Waals surface area contributed by atoms with Gasteiger partial charge in [-0.25, -0.2) is 9.97 Å². The van der Waals surface area contributed by atoms with Crippen LogP contribution in [0.5, 0.6) is 5.75 Å². The first-order chi connectivity index (χ1) is 6.34. The molecular weight excluding hydrogens is 168 g/mol. The van der Waals surface area contributed by atoms with Gasteiger partial charge in [0.05, 0.1) is 25.6 Å². The zero-order valence-corrected chi connectivity index (χ0v) is 7.56. The van der Waals surface area contributed by atoms with Crippen LogP contribution >= 0.6 is 0 Å². The van der Waals surface area contributed by atoms with E-state index in [1.54, 1.807) is 12.4 Å². The normalized spacial score (nSPS) is 21.8. The summed E-state index contributed by atoms with van der Waals surface area (Å²) in [4.78, 5) is 8.09. The van der Waals surface area contributed by atoms with Crippen molar-refractivity contribution < 1.29 is 9.47 Å². The molecule has 2 rings (SSSR count). The first kappa shape index (κ1) is 8.44. The maximum atomic E-state index is 5.58. The topological polar surface area (TPSA) is 44.2 Å². The molecule has 70 valence electrons.